The summed E-state index contributed by atoms with van der Waals surface area (Å²) >= 11 is 3.59. The van der Waals surface area contributed by atoms with E-state index < -0.39 is 0 Å². The molecule has 2 nitrogen and oxygen atoms in total. The Kier molecular flexibility index (Phi) is 8.31. The molecular formula is C15H24BrNO. The predicted octanol–water partition coefficient (Wildman–Crippen LogP) is 3.29. The Hall–Kier alpha value is -0.380. The van der Waals surface area contributed by atoms with Crippen molar-refractivity contribution in [2.75, 3.05) is 25.0 Å². The van der Waals surface area contributed by atoms with Crippen LogP contribution in [0.2, 0.25) is 0 Å². The third-order valence-electron chi connectivity index (χ3n) is 3.10. The molecule has 0 radical (unpaired) electrons. The van der Waals surface area contributed by atoms with Gasteiger partial charge in [0, 0.05) is 25.0 Å². The van der Waals surface area contributed by atoms with Crippen molar-refractivity contribution >= 4 is 15.9 Å². The van der Waals surface area contributed by atoms with Crippen LogP contribution in [0.4, 0.5) is 0 Å². The zero-order chi connectivity index (χ0) is 13.2. The van der Waals surface area contributed by atoms with E-state index in [-0.39, 0.29) is 6.61 Å². The molecule has 0 bridgehead atoms. The molecule has 1 unspecified atom stereocenters. The van der Waals surface area contributed by atoms with Gasteiger partial charge in [0.05, 0.1) is 6.61 Å². The highest BCUT2D eigenvalue weighted by molar-refractivity contribution is 9.09. The average molecular weight is 314 g/mol. The van der Waals surface area contributed by atoms with Gasteiger partial charge in [-0.15, -0.1) is 0 Å². The summed E-state index contributed by atoms with van der Waals surface area (Å²) in [5, 5.41) is 10.2. The van der Waals surface area contributed by atoms with Crippen molar-refractivity contribution in [1.29, 1.82) is 0 Å². The Labute approximate surface area is 119 Å². The molecule has 0 fully saturated rings. The molecule has 0 aliphatic rings. The summed E-state index contributed by atoms with van der Waals surface area (Å²) in [6.07, 6.45) is 2.45. The molecule has 18 heavy (non-hydrogen) atoms. The third kappa shape index (κ3) is 5.98. The van der Waals surface area contributed by atoms with Crippen LogP contribution >= 0.6 is 15.9 Å². The second-order valence-electron chi connectivity index (χ2n) is 4.75. The molecule has 3 heteroatoms. The number of aliphatic hydroxyl groups excluding tert-OH is 1. The predicted molar refractivity (Wildman–Crippen MR) is 81.0 cm³/mol. The molecule has 0 saturated carbocycles. The summed E-state index contributed by atoms with van der Waals surface area (Å²) in [7, 11) is 0. The van der Waals surface area contributed by atoms with Crippen LogP contribution in [-0.2, 0) is 6.54 Å². The number of aliphatic hydroxyl groups is 1. The van der Waals surface area contributed by atoms with Crippen molar-refractivity contribution < 1.29 is 5.11 Å². The van der Waals surface area contributed by atoms with E-state index in [0.717, 1.165) is 25.0 Å². The van der Waals surface area contributed by atoms with Crippen LogP contribution in [0.3, 0.4) is 0 Å². The first kappa shape index (κ1) is 15.7. The van der Waals surface area contributed by atoms with Gasteiger partial charge < -0.3 is 5.11 Å². The molecule has 0 aliphatic heterocycles. The lowest BCUT2D eigenvalue weighted by Crippen LogP contribution is -2.32. The van der Waals surface area contributed by atoms with E-state index in [4.69, 9.17) is 0 Å². The average Bonchev–Trinajstić information content (AvgIpc) is 2.39. The maximum absolute atomic E-state index is 9.18. The fraction of sp³-hybridized carbons (Fsp3) is 0.600. The van der Waals surface area contributed by atoms with Gasteiger partial charge in [-0.05, 0) is 17.9 Å². The summed E-state index contributed by atoms with van der Waals surface area (Å²) < 4.78 is 0. The maximum atomic E-state index is 9.18. The van der Waals surface area contributed by atoms with E-state index in [0.29, 0.717) is 5.92 Å². The zero-order valence-electron chi connectivity index (χ0n) is 11.2. The highest BCUT2D eigenvalue weighted by Crippen LogP contribution is 2.14. The van der Waals surface area contributed by atoms with Gasteiger partial charge >= 0.3 is 0 Å². The summed E-state index contributed by atoms with van der Waals surface area (Å²) in [6.45, 7) is 5.18. The van der Waals surface area contributed by atoms with Crippen LogP contribution < -0.4 is 0 Å². The van der Waals surface area contributed by atoms with Gasteiger partial charge in [0.15, 0.2) is 0 Å². The van der Waals surface area contributed by atoms with E-state index in [1.165, 1.54) is 18.4 Å². The van der Waals surface area contributed by atoms with Crippen molar-refractivity contribution in [3.8, 4) is 0 Å². The van der Waals surface area contributed by atoms with E-state index in [1.807, 2.05) is 6.07 Å². The second kappa shape index (κ2) is 9.54. The fourth-order valence-electron chi connectivity index (χ4n) is 2.21. The summed E-state index contributed by atoms with van der Waals surface area (Å²) in [5.74, 6) is 0.672. The molecule has 0 heterocycles. The summed E-state index contributed by atoms with van der Waals surface area (Å²) in [4.78, 5) is 2.34. The van der Waals surface area contributed by atoms with Crippen LogP contribution in [0, 0.1) is 5.92 Å². The van der Waals surface area contributed by atoms with Gasteiger partial charge in [-0.3, -0.25) is 4.90 Å². The first-order valence-corrected chi connectivity index (χ1v) is 7.85. The quantitative estimate of drug-likeness (QED) is 0.707. The van der Waals surface area contributed by atoms with E-state index >= 15 is 0 Å². The van der Waals surface area contributed by atoms with Crippen molar-refractivity contribution in [2.45, 2.75) is 26.3 Å². The van der Waals surface area contributed by atoms with Crippen LogP contribution in [0.5, 0.6) is 0 Å². The van der Waals surface area contributed by atoms with Gasteiger partial charge in [-0.25, -0.2) is 0 Å². The molecular weight excluding hydrogens is 290 g/mol. The van der Waals surface area contributed by atoms with Crippen LogP contribution in [0.1, 0.15) is 25.3 Å². The van der Waals surface area contributed by atoms with Gasteiger partial charge in [-0.2, -0.15) is 0 Å². The number of hydrogen-bond donors (Lipinski definition) is 1. The minimum atomic E-state index is 0.230. The third-order valence-corrected chi connectivity index (χ3v) is 4.01. The molecule has 1 N–H and O–H groups in total. The second-order valence-corrected chi connectivity index (χ2v) is 5.40. The van der Waals surface area contributed by atoms with E-state index in [9.17, 15) is 5.11 Å². The molecule has 0 saturated heterocycles. The number of alkyl halides is 1. The monoisotopic (exact) mass is 313 g/mol. The lowest BCUT2D eigenvalue weighted by Gasteiger charge is -2.26. The largest absolute Gasteiger partial charge is 0.395 e. The standard InChI is InChI=1S/C15H24BrNO/c1-2-6-15(11-16)13-17(9-10-18)12-14-7-4-3-5-8-14/h3-5,7-8,15,18H,2,6,9-13H2,1H3. The van der Waals surface area contributed by atoms with Crippen LogP contribution in [0.15, 0.2) is 30.3 Å². The number of halogens is 1. The van der Waals surface area contributed by atoms with Gasteiger partial charge in [0.25, 0.3) is 0 Å². The Morgan fingerprint density at radius 2 is 2.00 bits per heavy atom. The number of hydrogen-bond acceptors (Lipinski definition) is 2. The van der Waals surface area contributed by atoms with Crippen LogP contribution in [-0.4, -0.2) is 35.0 Å². The Morgan fingerprint density at radius 3 is 2.56 bits per heavy atom. The minimum Gasteiger partial charge on any atom is -0.395 e. The Bertz CT molecular complexity index is 305. The van der Waals surface area contributed by atoms with Gasteiger partial charge in [0.2, 0.25) is 0 Å². The molecule has 0 spiro atoms. The highest BCUT2D eigenvalue weighted by atomic mass is 79.9. The van der Waals surface area contributed by atoms with Crippen molar-refractivity contribution in [3.63, 3.8) is 0 Å². The van der Waals surface area contributed by atoms with E-state index in [1.54, 1.807) is 0 Å². The first-order valence-electron chi connectivity index (χ1n) is 6.73. The molecule has 0 aromatic heterocycles. The number of nitrogens with zero attached hydrogens (tertiary/aromatic N) is 1. The lowest BCUT2D eigenvalue weighted by molar-refractivity contribution is 0.171. The molecule has 102 valence electrons. The summed E-state index contributed by atoms with van der Waals surface area (Å²) in [5.41, 5.74) is 1.32. The Balaban J connectivity index is 2.53. The minimum absolute atomic E-state index is 0.230. The molecule has 1 aromatic carbocycles. The van der Waals surface area contributed by atoms with Crippen molar-refractivity contribution in [1.82, 2.24) is 4.90 Å². The van der Waals surface area contributed by atoms with E-state index in [2.05, 4.69) is 52.0 Å². The molecule has 1 atom stereocenters. The lowest BCUT2D eigenvalue weighted by atomic mass is 10.1. The summed E-state index contributed by atoms with van der Waals surface area (Å²) in [6, 6.07) is 10.5. The van der Waals surface area contributed by atoms with Crippen molar-refractivity contribution in [2.24, 2.45) is 5.92 Å². The normalized spacial score (nSPS) is 12.9. The maximum Gasteiger partial charge on any atom is 0.0558 e. The molecule has 0 aliphatic carbocycles. The molecule has 0 amide bonds. The van der Waals surface area contributed by atoms with Gasteiger partial charge in [0.1, 0.15) is 0 Å². The number of rotatable bonds is 9. The Morgan fingerprint density at radius 1 is 1.28 bits per heavy atom. The number of benzene rings is 1. The van der Waals surface area contributed by atoms with Gasteiger partial charge in [-0.1, -0.05) is 59.6 Å². The molecule has 1 rings (SSSR count). The SMILES string of the molecule is CCCC(CBr)CN(CCO)Cc1ccccc1. The fourth-order valence-corrected chi connectivity index (χ4v) is 2.74. The van der Waals surface area contributed by atoms with Crippen LogP contribution in [0.25, 0.3) is 0 Å². The molecule has 1 aromatic rings. The smallest absolute Gasteiger partial charge is 0.0558 e. The van der Waals surface area contributed by atoms with Crippen molar-refractivity contribution in [3.05, 3.63) is 35.9 Å². The highest BCUT2D eigenvalue weighted by Gasteiger charge is 2.12. The first-order chi connectivity index (χ1) is 8.80. The zero-order valence-corrected chi connectivity index (χ0v) is 12.8. The topological polar surface area (TPSA) is 23.5 Å².